The van der Waals surface area contributed by atoms with Crippen molar-refractivity contribution in [3.05, 3.63) is 22.4 Å². The highest BCUT2D eigenvalue weighted by Gasteiger charge is 2.32. The Morgan fingerprint density at radius 2 is 2.25 bits per heavy atom. The Kier molecular flexibility index (Phi) is 3.77. The van der Waals surface area contributed by atoms with Crippen LogP contribution in [0.5, 0.6) is 0 Å². The summed E-state index contributed by atoms with van der Waals surface area (Å²) in [6.07, 6.45) is 4.12. The van der Waals surface area contributed by atoms with Crippen molar-refractivity contribution in [2.24, 2.45) is 5.92 Å². The average molecular weight is 237 g/mol. The van der Waals surface area contributed by atoms with E-state index in [4.69, 9.17) is 0 Å². The molecular formula is C13H19NOS. The molecule has 0 radical (unpaired) electrons. The summed E-state index contributed by atoms with van der Waals surface area (Å²) in [7, 11) is 4.15. The molecular weight excluding hydrogens is 218 g/mol. The van der Waals surface area contributed by atoms with Gasteiger partial charge in [-0.2, -0.15) is 0 Å². The number of thiophene rings is 1. The maximum absolute atomic E-state index is 12.0. The molecule has 3 heteroatoms. The molecule has 0 bridgehead atoms. The van der Waals surface area contributed by atoms with Crippen LogP contribution in [0.2, 0.25) is 0 Å². The first-order valence-electron chi connectivity index (χ1n) is 5.92. The van der Waals surface area contributed by atoms with E-state index in [2.05, 4.69) is 36.5 Å². The zero-order valence-electron chi connectivity index (χ0n) is 9.98. The first-order valence-corrected chi connectivity index (χ1v) is 6.80. The van der Waals surface area contributed by atoms with E-state index in [9.17, 15) is 4.79 Å². The molecule has 1 aromatic heterocycles. The molecule has 0 aliphatic heterocycles. The number of hydrogen-bond donors (Lipinski definition) is 0. The van der Waals surface area contributed by atoms with Crippen LogP contribution < -0.4 is 0 Å². The first-order chi connectivity index (χ1) is 7.70. The molecule has 0 amide bonds. The molecule has 1 fully saturated rings. The van der Waals surface area contributed by atoms with Gasteiger partial charge in [0.15, 0.2) is 0 Å². The lowest BCUT2D eigenvalue weighted by molar-refractivity contribution is -0.126. The van der Waals surface area contributed by atoms with Crippen molar-refractivity contribution < 1.29 is 4.79 Å². The molecule has 1 aliphatic rings. The van der Waals surface area contributed by atoms with Gasteiger partial charge in [0.05, 0.1) is 6.04 Å². The second-order valence-electron chi connectivity index (χ2n) is 4.74. The molecule has 2 unspecified atom stereocenters. The monoisotopic (exact) mass is 237 g/mol. The second-order valence-corrected chi connectivity index (χ2v) is 5.72. The third-order valence-electron chi connectivity index (χ3n) is 3.37. The van der Waals surface area contributed by atoms with Crippen molar-refractivity contribution >= 4 is 17.1 Å². The fourth-order valence-electron chi connectivity index (χ4n) is 2.62. The number of Topliss-reactive ketones (excluding diaryl/α,β-unsaturated/α-hetero) is 1. The molecule has 0 saturated heterocycles. The normalized spacial score (nSPS) is 23.7. The predicted molar refractivity (Wildman–Crippen MR) is 67.7 cm³/mol. The van der Waals surface area contributed by atoms with Crippen LogP contribution in [-0.2, 0) is 4.79 Å². The van der Waals surface area contributed by atoms with Crippen LogP contribution in [0.15, 0.2) is 17.5 Å². The summed E-state index contributed by atoms with van der Waals surface area (Å²) in [5, 5.41) is 2.10. The minimum Gasteiger partial charge on any atom is -0.301 e. The van der Waals surface area contributed by atoms with Gasteiger partial charge in [0.2, 0.25) is 0 Å². The van der Waals surface area contributed by atoms with Crippen LogP contribution in [0.1, 0.15) is 36.6 Å². The number of carbonyl (C=O) groups is 1. The van der Waals surface area contributed by atoms with Crippen LogP contribution in [0.3, 0.4) is 0 Å². The maximum Gasteiger partial charge on any atom is 0.137 e. The number of carbonyl (C=O) groups excluding carboxylic acids is 1. The summed E-state index contributed by atoms with van der Waals surface area (Å²) < 4.78 is 0. The van der Waals surface area contributed by atoms with Crippen molar-refractivity contribution in [2.45, 2.75) is 31.7 Å². The van der Waals surface area contributed by atoms with Gasteiger partial charge in [0.1, 0.15) is 5.78 Å². The highest BCUT2D eigenvalue weighted by Crippen LogP contribution is 2.36. The summed E-state index contributed by atoms with van der Waals surface area (Å²) in [5.74, 6) is 0.667. The SMILES string of the molecule is CN(C)C(c1cccs1)C1CCCCC1=O. The Morgan fingerprint density at radius 3 is 2.81 bits per heavy atom. The predicted octanol–water partition coefficient (Wildman–Crippen LogP) is 3.11. The van der Waals surface area contributed by atoms with Gasteiger partial charge in [-0.1, -0.05) is 12.5 Å². The van der Waals surface area contributed by atoms with E-state index in [0.29, 0.717) is 5.78 Å². The van der Waals surface area contributed by atoms with Crippen LogP contribution >= 0.6 is 11.3 Å². The van der Waals surface area contributed by atoms with Crippen molar-refractivity contribution in [2.75, 3.05) is 14.1 Å². The Bertz CT molecular complexity index is 345. The molecule has 2 atom stereocenters. The fourth-order valence-corrected chi connectivity index (χ4v) is 3.60. The zero-order chi connectivity index (χ0) is 11.5. The molecule has 1 saturated carbocycles. The quantitative estimate of drug-likeness (QED) is 0.805. The van der Waals surface area contributed by atoms with Crippen LogP contribution in [0.25, 0.3) is 0 Å². The Balaban J connectivity index is 2.22. The molecule has 1 heterocycles. The summed E-state index contributed by atoms with van der Waals surface area (Å²) >= 11 is 1.76. The van der Waals surface area contributed by atoms with Gasteiger partial charge in [-0.3, -0.25) is 4.79 Å². The maximum atomic E-state index is 12.0. The van der Waals surface area contributed by atoms with E-state index >= 15 is 0 Å². The minimum atomic E-state index is 0.211. The smallest absolute Gasteiger partial charge is 0.137 e. The largest absolute Gasteiger partial charge is 0.301 e. The lowest BCUT2D eigenvalue weighted by Crippen LogP contribution is -2.33. The van der Waals surface area contributed by atoms with Gasteiger partial charge >= 0.3 is 0 Å². The van der Waals surface area contributed by atoms with E-state index < -0.39 is 0 Å². The number of ketones is 1. The lowest BCUT2D eigenvalue weighted by atomic mass is 9.82. The van der Waals surface area contributed by atoms with E-state index in [1.165, 1.54) is 11.3 Å². The number of nitrogens with zero attached hydrogens (tertiary/aromatic N) is 1. The molecule has 1 aromatic rings. The van der Waals surface area contributed by atoms with Crippen molar-refractivity contribution in [1.29, 1.82) is 0 Å². The second kappa shape index (κ2) is 5.11. The summed E-state index contributed by atoms with van der Waals surface area (Å²) in [6, 6.07) is 4.51. The zero-order valence-corrected chi connectivity index (χ0v) is 10.8. The third-order valence-corrected chi connectivity index (χ3v) is 4.32. The van der Waals surface area contributed by atoms with Crippen LogP contribution in [-0.4, -0.2) is 24.8 Å². The van der Waals surface area contributed by atoms with Gasteiger partial charge in [-0.05, 0) is 38.4 Å². The van der Waals surface area contributed by atoms with Gasteiger partial charge in [-0.25, -0.2) is 0 Å². The van der Waals surface area contributed by atoms with Crippen LogP contribution in [0.4, 0.5) is 0 Å². The molecule has 16 heavy (non-hydrogen) atoms. The van der Waals surface area contributed by atoms with E-state index in [1.807, 2.05) is 0 Å². The fraction of sp³-hybridized carbons (Fsp3) is 0.615. The molecule has 0 N–H and O–H groups in total. The number of rotatable bonds is 3. The van der Waals surface area contributed by atoms with E-state index in [0.717, 1.165) is 19.3 Å². The van der Waals surface area contributed by atoms with Gasteiger partial charge in [0, 0.05) is 17.2 Å². The number of hydrogen-bond acceptors (Lipinski definition) is 3. The Labute approximate surface area is 101 Å². The van der Waals surface area contributed by atoms with Gasteiger partial charge in [0.25, 0.3) is 0 Å². The lowest BCUT2D eigenvalue weighted by Gasteiger charge is -2.33. The third kappa shape index (κ3) is 2.36. The van der Waals surface area contributed by atoms with Gasteiger partial charge in [-0.15, -0.1) is 11.3 Å². The average Bonchev–Trinajstić information content (AvgIpc) is 2.74. The Morgan fingerprint density at radius 1 is 1.44 bits per heavy atom. The minimum absolute atomic E-state index is 0.211. The standard InChI is InChI=1S/C13H19NOS/c1-14(2)13(12-8-5-9-16-12)10-6-3-4-7-11(10)15/h5,8-10,13H,3-4,6-7H2,1-2H3. The molecule has 0 spiro atoms. The topological polar surface area (TPSA) is 20.3 Å². The highest BCUT2D eigenvalue weighted by atomic mass is 32.1. The van der Waals surface area contributed by atoms with Crippen molar-refractivity contribution in [3.8, 4) is 0 Å². The molecule has 0 aromatic carbocycles. The highest BCUT2D eigenvalue weighted by molar-refractivity contribution is 7.10. The first kappa shape index (κ1) is 11.8. The molecule has 2 rings (SSSR count). The summed E-state index contributed by atoms with van der Waals surface area (Å²) in [4.78, 5) is 15.5. The molecule has 1 aliphatic carbocycles. The molecule has 88 valence electrons. The van der Waals surface area contributed by atoms with Gasteiger partial charge < -0.3 is 4.90 Å². The van der Waals surface area contributed by atoms with E-state index in [1.54, 1.807) is 11.3 Å². The molecule has 2 nitrogen and oxygen atoms in total. The van der Waals surface area contributed by atoms with Crippen molar-refractivity contribution in [1.82, 2.24) is 4.90 Å². The summed E-state index contributed by atoms with van der Waals surface area (Å²) in [5.41, 5.74) is 0. The summed E-state index contributed by atoms with van der Waals surface area (Å²) in [6.45, 7) is 0. The van der Waals surface area contributed by atoms with Crippen LogP contribution in [0, 0.1) is 5.92 Å². The van der Waals surface area contributed by atoms with Crippen molar-refractivity contribution in [3.63, 3.8) is 0 Å². The van der Waals surface area contributed by atoms with E-state index in [-0.39, 0.29) is 12.0 Å². The Hall–Kier alpha value is -0.670.